The van der Waals surface area contributed by atoms with Gasteiger partial charge >= 0.3 is 0 Å². The third-order valence-electron chi connectivity index (χ3n) is 9.07. The minimum absolute atomic E-state index is 0.0147. The van der Waals surface area contributed by atoms with Gasteiger partial charge in [0.05, 0.1) is 7.11 Å². The topological polar surface area (TPSA) is 9.23 Å². The van der Waals surface area contributed by atoms with Crippen LogP contribution >= 0.6 is 0 Å². The molecular weight excluding hydrogens is 469 g/mol. The van der Waals surface area contributed by atoms with Crippen molar-refractivity contribution < 1.29 is 17.9 Å². The Morgan fingerprint density at radius 3 is 2.00 bits per heavy atom. The third-order valence-corrected chi connectivity index (χ3v) is 9.07. The van der Waals surface area contributed by atoms with Crippen LogP contribution in [0.1, 0.15) is 68.4 Å². The van der Waals surface area contributed by atoms with Crippen molar-refractivity contribution in [3.63, 3.8) is 0 Å². The summed E-state index contributed by atoms with van der Waals surface area (Å²) < 4.78 is 49.0. The number of methoxy groups -OCH3 is 1. The van der Waals surface area contributed by atoms with Crippen molar-refractivity contribution in [1.82, 2.24) is 0 Å². The first-order valence-corrected chi connectivity index (χ1v) is 13.7. The highest BCUT2D eigenvalue weighted by Crippen LogP contribution is 2.44. The van der Waals surface area contributed by atoms with E-state index in [0.717, 1.165) is 35.8 Å². The lowest BCUT2D eigenvalue weighted by atomic mass is 9.68. The average Bonchev–Trinajstić information content (AvgIpc) is 2.95. The van der Waals surface area contributed by atoms with E-state index in [1.807, 2.05) is 6.07 Å². The molecule has 3 aliphatic rings. The lowest BCUT2D eigenvalue weighted by Crippen LogP contribution is -2.25. The molecule has 37 heavy (non-hydrogen) atoms. The summed E-state index contributed by atoms with van der Waals surface area (Å²) in [7, 11) is 1.33. The van der Waals surface area contributed by atoms with Gasteiger partial charge in [-0.2, -0.15) is 0 Å². The quantitative estimate of drug-likeness (QED) is 0.355. The van der Waals surface area contributed by atoms with Crippen LogP contribution < -0.4 is 0 Å². The number of halogens is 3. The molecule has 4 heteroatoms. The molecule has 1 nitrogen and oxygen atoms in total. The molecular formula is C33H37F3O. The first-order chi connectivity index (χ1) is 18.0. The van der Waals surface area contributed by atoms with Crippen molar-refractivity contribution in [3.05, 3.63) is 90.0 Å². The first-order valence-electron chi connectivity index (χ1n) is 13.7. The molecule has 2 aromatic rings. The van der Waals surface area contributed by atoms with Crippen LogP contribution in [0.25, 0.3) is 16.7 Å². The predicted octanol–water partition coefficient (Wildman–Crippen LogP) is 9.36. The minimum Gasteiger partial charge on any atom is -0.498 e. The summed E-state index contributed by atoms with van der Waals surface area (Å²) in [4.78, 5) is 0. The summed E-state index contributed by atoms with van der Waals surface area (Å²) in [5, 5.41) is 0. The molecule has 0 spiro atoms. The van der Waals surface area contributed by atoms with E-state index in [-0.39, 0.29) is 17.1 Å². The molecule has 0 aliphatic heterocycles. The number of alkyl halides is 2. The summed E-state index contributed by atoms with van der Waals surface area (Å²) in [5.74, 6) is 2.55. The summed E-state index contributed by atoms with van der Waals surface area (Å²) in [6, 6.07) is 12.6. The summed E-state index contributed by atoms with van der Waals surface area (Å²) in [5.41, 5.74) is 3.19. The maximum Gasteiger partial charge on any atom is 0.192 e. The van der Waals surface area contributed by atoms with Crippen LogP contribution in [0, 0.1) is 23.6 Å². The van der Waals surface area contributed by atoms with Gasteiger partial charge in [-0.05, 0) is 109 Å². The van der Waals surface area contributed by atoms with Crippen molar-refractivity contribution >= 4 is 5.57 Å². The van der Waals surface area contributed by atoms with Crippen LogP contribution in [0.3, 0.4) is 0 Å². The van der Waals surface area contributed by atoms with Gasteiger partial charge in [0.1, 0.15) is 11.6 Å². The van der Waals surface area contributed by atoms with Crippen LogP contribution in [-0.2, 0) is 4.74 Å². The van der Waals surface area contributed by atoms with Gasteiger partial charge in [-0.15, -0.1) is 6.58 Å². The molecule has 2 atom stereocenters. The second-order valence-corrected chi connectivity index (χ2v) is 11.0. The molecule has 0 radical (unpaired) electrons. The molecule has 0 aromatic heterocycles. The van der Waals surface area contributed by atoms with Gasteiger partial charge in [-0.25, -0.2) is 13.2 Å². The van der Waals surface area contributed by atoms with E-state index < -0.39 is 12.3 Å². The average molecular weight is 507 g/mol. The highest BCUT2D eigenvalue weighted by atomic mass is 19.2. The van der Waals surface area contributed by atoms with Crippen LogP contribution in [0.15, 0.2) is 73.0 Å². The van der Waals surface area contributed by atoms with Gasteiger partial charge < -0.3 is 4.74 Å². The molecule has 0 bridgehead atoms. The summed E-state index contributed by atoms with van der Waals surface area (Å²) >= 11 is 0. The third kappa shape index (κ3) is 5.44. The van der Waals surface area contributed by atoms with E-state index in [2.05, 4.69) is 18.7 Å². The Morgan fingerprint density at radius 1 is 0.784 bits per heavy atom. The highest BCUT2D eigenvalue weighted by molar-refractivity contribution is 5.75. The number of allylic oxidation sites excluding steroid dienone is 5. The van der Waals surface area contributed by atoms with E-state index in [4.69, 9.17) is 4.74 Å². The Labute approximate surface area is 219 Å². The Kier molecular flexibility index (Phi) is 7.92. The van der Waals surface area contributed by atoms with Gasteiger partial charge in [-0.1, -0.05) is 48.6 Å². The number of hydrogen-bond donors (Lipinski definition) is 0. The van der Waals surface area contributed by atoms with E-state index in [0.29, 0.717) is 23.0 Å². The fourth-order valence-electron chi connectivity index (χ4n) is 6.73. The number of benzene rings is 2. The van der Waals surface area contributed by atoms with Crippen LogP contribution in [0.4, 0.5) is 13.2 Å². The standard InChI is InChI=1S/C33H37F3O/c1-3-21-4-6-22(7-5-21)23-8-10-24(11-9-23)27-16-17-28(30(34)20-27)25-12-14-26(15-13-25)29-18-19-31(37-2)33(36)32(29)35/h3,12-24,32-33H,1,4-11H2,2H3. The van der Waals surface area contributed by atoms with Crippen molar-refractivity contribution in [2.75, 3.05) is 7.11 Å². The fourth-order valence-corrected chi connectivity index (χ4v) is 6.73. The smallest absolute Gasteiger partial charge is 0.192 e. The molecule has 0 saturated heterocycles. The molecule has 3 aliphatic carbocycles. The van der Waals surface area contributed by atoms with Crippen LogP contribution in [0.5, 0.6) is 0 Å². The fraction of sp³-hybridized carbons (Fsp3) is 0.455. The van der Waals surface area contributed by atoms with Crippen molar-refractivity contribution in [1.29, 1.82) is 0 Å². The molecule has 2 saturated carbocycles. The molecule has 196 valence electrons. The van der Waals surface area contributed by atoms with Crippen LogP contribution in [-0.4, -0.2) is 19.5 Å². The first kappa shape index (κ1) is 25.9. The van der Waals surface area contributed by atoms with Gasteiger partial charge in [0, 0.05) is 5.56 Å². The highest BCUT2D eigenvalue weighted by Gasteiger charge is 2.33. The molecule has 0 amide bonds. The van der Waals surface area contributed by atoms with E-state index in [1.165, 1.54) is 51.7 Å². The molecule has 5 rings (SSSR count). The molecule has 2 fully saturated rings. The zero-order valence-corrected chi connectivity index (χ0v) is 21.6. The minimum atomic E-state index is -1.82. The lowest BCUT2D eigenvalue weighted by Gasteiger charge is -2.37. The van der Waals surface area contributed by atoms with Crippen molar-refractivity contribution in [3.8, 4) is 11.1 Å². The number of hydrogen-bond acceptors (Lipinski definition) is 1. The summed E-state index contributed by atoms with van der Waals surface area (Å²) in [6.45, 7) is 3.97. The van der Waals surface area contributed by atoms with E-state index in [9.17, 15) is 8.78 Å². The summed E-state index contributed by atoms with van der Waals surface area (Å²) in [6.07, 6.45) is 11.5. The Hall–Kier alpha value is -2.75. The van der Waals surface area contributed by atoms with Gasteiger partial charge in [0.15, 0.2) is 12.3 Å². The van der Waals surface area contributed by atoms with Crippen LogP contribution in [0.2, 0.25) is 0 Å². The molecule has 0 N–H and O–H groups in total. The second kappa shape index (κ2) is 11.3. The van der Waals surface area contributed by atoms with Gasteiger partial charge in [0.2, 0.25) is 0 Å². The zero-order valence-electron chi connectivity index (χ0n) is 21.6. The van der Waals surface area contributed by atoms with E-state index >= 15 is 4.39 Å². The number of ether oxygens (including phenoxy) is 1. The Morgan fingerprint density at radius 2 is 1.41 bits per heavy atom. The van der Waals surface area contributed by atoms with Crippen molar-refractivity contribution in [2.45, 2.75) is 69.6 Å². The SMILES string of the molecule is C=CC1CCC(C2CCC(c3ccc(-c4ccc(C5=CC=C(OC)C(F)C5F)cc4)c(F)c3)CC2)CC1. The monoisotopic (exact) mass is 506 g/mol. The molecule has 2 aromatic carbocycles. The Bertz CT molecular complexity index is 1150. The maximum absolute atomic E-state index is 15.2. The number of rotatable bonds is 6. The second-order valence-electron chi connectivity index (χ2n) is 11.0. The van der Waals surface area contributed by atoms with Gasteiger partial charge in [-0.3, -0.25) is 0 Å². The Balaban J connectivity index is 1.23. The van der Waals surface area contributed by atoms with Gasteiger partial charge in [0.25, 0.3) is 0 Å². The van der Waals surface area contributed by atoms with E-state index in [1.54, 1.807) is 36.4 Å². The normalized spacial score (nSPS) is 30.3. The predicted molar refractivity (Wildman–Crippen MR) is 145 cm³/mol. The lowest BCUT2D eigenvalue weighted by molar-refractivity contribution is 0.152. The molecule has 0 heterocycles. The van der Waals surface area contributed by atoms with Crippen molar-refractivity contribution in [2.24, 2.45) is 17.8 Å². The molecule has 2 unspecified atom stereocenters. The largest absolute Gasteiger partial charge is 0.498 e. The zero-order chi connectivity index (χ0) is 25.9. The maximum atomic E-state index is 15.2.